The van der Waals surface area contributed by atoms with Crippen molar-refractivity contribution < 1.29 is 4.79 Å². The largest absolute Gasteiger partial charge is 0.324 e. The first-order chi connectivity index (χ1) is 12.0. The molecule has 1 fully saturated rings. The first kappa shape index (κ1) is 17.5. The summed E-state index contributed by atoms with van der Waals surface area (Å²) in [5, 5.41) is 11.3. The number of aryl methyl sites for hydroxylation is 1. The molecular weight excluding hydrogens is 314 g/mol. The Morgan fingerprint density at radius 1 is 1.40 bits per heavy atom. The van der Waals surface area contributed by atoms with Crippen LogP contribution in [-0.4, -0.2) is 38.8 Å². The van der Waals surface area contributed by atoms with E-state index < -0.39 is 0 Å². The van der Waals surface area contributed by atoms with Crippen LogP contribution in [0.25, 0.3) is 0 Å². The molecule has 6 heteroatoms. The Kier molecular flexibility index (Phi) is 5.36. The van der Waals surface area contributed by atoms with Crippen LogP contribution in [0.4, 0.5) is 10.5 Å². The molecule has 2 heterocycles. The lowest BCUT2D eigenvalue weighted by Gasteiger charge is -2.32. The maximum atomic E-state index is 12.6. The highest BCUT2D eigenvalue weighted by molar-refractivity contribution is 5.89. The number of anilines is 1. The highest BCUT2D eigenvalue weighted by Crippen LogP contribution is 2.22. The number of hydrogen-bond acceptors (Lipinski definition) is 3. The third kappa shape index (κ3) is 4.38. The van der Waals surface area contributed by atoms with Gasteiger partial charge in [-0.3, -0.25) is 0 Å². The number of piperidine rings is 1. The van der Waals surface area contributed by atoms with E-state index in [1.165, 1.54) is 0 Å². The minimum atomic E-state index is -0.0133. The van der Waals surface area contributed by atoms with Crippen LogP contribution in [0, 0.1) is 12.8 Å². The molecule has 0 saturated carbocycles. The summed E-state index contributed by atoms with van der Waals surface area (Å²) in [6, 6.07) is 8.25. The highest BCUT2D eigenvalue weighted by Gasteiger charge is 2.25. The van der Waals surface area contributed by atoms with Gasteiger partial charge in [0.05, 0.1) is 0 Å². The molecule has 0 radical (unpaired) electrons. The quantitative estimate of drug-likeness (QED) is 0.923. The van der Waals surface area contributed by atoms with Crippen molar-refractivity contribution in [3.8, 4) is 0 Å². The molecule has 1 unspecified atom stereocenters. The zero-order chi connectivity index (χ0) is 17.8. The lowest BCUT2D eigenvalue weighted by atomic mass is 9.94. The van der Waals surface area contributed by atoms with Crippen LogP contribution in [0.3, 0.4) is 0 Å². The zero-order valence-electron chi connectivity index (χ0n) is 15.3. The van der Waals surface area contributed by atoms with Gasteiger partial charge in [-0.05, 0) is 57.2 Å². The van der Waals surface area contributed by atoms with E-state index in [9.17, 15) is 4.79 Å². The number of amides is 2. The molecule has 2 aromatic rings. The SMILES string of the molecule is Cc1cccc(NC(=O)N2CCCC(Cc3nncn3C(C)C)C2)c1. The number of benzene rings is 1. The Morgan fingerprint density at radius 2 is 2.24 bits per heavy atom. The molecule has 6 nitrogen and oxygen atoms in total. The number of likely N-dealkylation sites (tertiary alicyclic amines) is 1. The van der Waals surface area contributed by atoms with Gasteiger partial charge in [-0.25, -0.2) is 4.79 Å². The van der Waals surface area contributed by atoms with Gasteiger partial charge in [0.15, 0.2) is 0 Å². The molecule has 134 valence electrons. The standard InChI is InChI=1S/C19H27N5O/c1-14(2)24-13-20-22-18(24)11-16-7-5-9-23(12-16)19(25)21-17-8-4-6-15(3)10-17/h4,6,8,10,13-14,16H,5,7,9,11-12H2,1-3H3,(H,21,25). The third-order valence-corrected chi connectivity index (χ3v) is 4.75. The van der Waals surface area contributed by atoms with Gasteiger partial charge in [-0.15, -0.1) is 10.2 Å². The predicted octanol–water partition coefficient (Wildman–Crippen LogP) is 3.65. The minimum Gasteiger partial charge on any atom is -0.324 e. The molecule has 1 aromatic carbocycles. The fourth-order valence-corrected chi connectivity index (χ4v) is 3.44. The van der Waals surface area contributed by atoms with E-state index in [1.54, 1.807) is 6.33 Å². The molecule has 0 spiro atoms. The summed E-state index contributed by atoms with van der Waals surface area (Å²) in [5.41, 5.74) is 1.99. The average molecular weight is 341 g/mol. The summed E-state index contributed by atoms with van der Waals surface area (Å²) in [7, 11) is 0. The van der Waals surface area contributed by atoms with E-state index in [0.29, 0.717) is 12.0 Å². The fourth-order valence-electron chi connectivity index (χ4n) is 3.44. The van der Waals surface area contributed by atoms with Gasteiger partial charge in [0, 0.05) is 31.2 Å². The summed E-state index contributed by atoms with van der Waals surface area (Å²) >= 11 is 0. The van der Waals surface area contributed by atoms with Crippen LogP contribution in [0.5, 0.6) is 0 Å². The maximum absolute atomic E-state index is 12.6. The predicted molar refractivity (Wildman–Crippen MR) is 98.6 cm³/mol. The second-order valence-electron chi connectivity index (χ2n) is 7.21. The van der Waals surface area contributed by atoms with Gasteiger partial charge < -0.3 is 14.8 Å². The van der Waals surface area contributed by atoms with Gasteiger partial charge in [0.2, 0.25) is 0 Å². The molecule has 1 aliphatic heterocycles. The van der Waals surface area contributed by atoms with E-state index in [1.807, 2.05) is 36.1 Å². The number of nitrogens with zero attached hydrogens (tertiary/aromatic N) is 4. The number of aromatic nitrogens is 3. The Bertz CT molecular complexity index is 724. The van der Waals surface area contributed by atoms with E-state index in [2.05, 4.69) is 33.9 Å². The highest BCUT2D eigenvalue weighted by atomic mass is 16.2. The molecule has 3 rings (SSSR count). The van der Waals surface area contributed by atoms with Crippen molar-refractivity contribution in [3.63, 3.8) is 0 Å². The summed E-state index contributed by atoms with van der Waals surface area (Å²) in [6.45, 7) is 7.87. The number of nitrogens with one attached hydrogen (secondary N) is 1. The normalized spacial score (nSPS) is 17.8. The second-order valence-corrected chi connectivity index (χ2v) is 7.21. The van der Waals surface area contributed by atoms with Crippen LogP contribution >= 0.6 is 0 Å². The number of carbonyl (C=O) groups is 1. The van der Waals surface area contributed by atoms with Gasteiger partial charge in [0.1, 0.15) is 12.2 Å². The van der Waals surface area contributed by atoms with Crippen LogP contribution in [-0.2, 0) is 6.42 Å². The van der Waals surface area contributed by atoms with E-state index in [0.717, 1.165) is 49.4 Å². The molecule has 1 atom stereocenters. The monoisotopic (exact) mass is 341 g/mol. The van der Waals surface area contributed by atoms with Crippen LogP contribution in [0.1, 0.15) is 44.1 Å². The van der Waals surface area contributed by atoms with E-state index in [-0.39, 0.29) is 6.03 Å². The molecule has 0 bridgehead atoms. The Morgan fingerprint density at radius 3 is 3.00 bits per heavy atom. The topological polar surface area (TPSA) is 63.1 Å². The molecule has 1 aliphatic rings. The molecule has 1 saturated heterocycles. The van der Waals surface area contributed by atoms with Crippen LogP contribution < -0.4 is 5.32 Å². The molecular formula is C19H27N5O. The Labute approximate surface area is 149 Å². The van der Waals surface area contributed by atoms with Gasteiger partial charge >= 0.3 is 6.03 Å². The third-order valence-electron chi connectivity index (χ3n) is 4.75. The fraction of sp³-hybridized carbons (Fsp3) is 0.526. The van der Waals surface area contributed by atoms with Gasteiger partial charge in [-0.2, -0.15) is 0 Å². The number of hydrogen-bond donors (Lipinski definition) is 1. The summed E-state index contributed by atoms with van der Waals surface area (Å²) in [5.74, 6) is 1.44. The van der Waals surface area contributed by atoms with Crippen molar-refractivity contribution in [2.45, 2.75) is 46.1 Å². The summed E-state index contributed by atoms with van der Waals surface area (Å²) in [6.07, 6.45) is 4.82. The smallest absolute Gasteiger partial charge is 0.321 e. The maximum Gasteiger partial charge on any atom is 0.321 e. The lowest BCUT2D eigenvalue weighted by Crippen LogP contribution is -2.43. The van der Waals surface area contributed by atoms with Crippen molar-refractivity contribution in [2.24, 2.45) is 5.92 Å². The van der Waals surface area contributed by atoms with Crippen molar-refractivity contribution in [1.82, 2.24) is 19.7 Å². The number of urea groups is 1. The summed E-state index contributed by atoms with van der Waals surface area (Å²) < 4.78 is 2.12. The molecule has 0 aliphatic carbocycles. The van der Waals surface area contributed by atoms with Crippen molar-refractivity contribution in [2.75, 3.05) is 18.4 Å². The van der Waals surface area contributed by atoms with Crippen molar-refractivity contribution >= 4 is 11.7 Å². The van der Waals surface area contributed by atoms with E-state index in [4.69, 9.17) is 0 Å². The van der Waals surface area contributed by atoms with Gasteiger partial charge in [-0.1, -0.05) is 12.1 Å². The lowest BCUT2D eigenvalue weighted by molar-refractivity contribution is 0.176. The Hall–Kier alpha value is -2.37. The Balaban J connectivity index is 1.60. The van der Waals surface area contributed by atoms with Gasteiger partial charge in [0.25, 0.3) is 0 Å². The average Bonchev–Trinajstić information content (AvgIpc) is 3.03. The van der Waals surface area contributed by atoms with Crippen molar-refractivity contribution in [1.29, 1.82) is 0 Å². The molecule has 25 heavy (non-hydrogen) atoms. The number of carbonyl (C=O) groups excluding carboxylic acids is 1. The first-order valence-electron chi connectivity index (χ1n) is 9.04. The molecule has 1 aromatic heterocycles. The first-order valence-corrected chi connectivity index (χ1v) is 9.04. The minimum absolute atomic E-state index is 0.0133. The molecule has 1 N–H and O–H groups in total. The van der Waals surface area contributed by atoms with E-state index >= 15 is 0 Å². The second kappa shape index (κ2) is 7.68. The summed E-state index contributed by atoms with van der Waals surface area (Å²) in [4.78, 5) is 14.5. The van der Waals surface area contributed by atoms with Crippen LogP contribution in [0.2, 0.25) is 0 Å². The molecule has 2 amide bonds. The van der Waals surface area contributed by atoms with Crippen LogP contribution in [0.15, 0.2) is 30.6 Å². The zero-order valence-corrected chi connectivity index (χ0v) is 15.3. The van der Waals surface area contributed by atoms with Crippen molar-refractivity contribution in [3.05, 3.63) is 42.0 Å². The number of rotatable bonds is 4.